The molecule has 0 fully saturated rings. The van der Waals surface area contributed by atoms with Gasteiger partial charge in [-0.05, 0) is 42.5 Å². The van der Waals surface area contributed by atoms with Crippen molar-refractivity contribution in [1.82, 2.24) is 0 Å². The molecule has 0 atom stereocenters. The summed E-state index contributed by atoms with van der Waals surface area (Å²) in [6.45, 7) is 0. The number of hydrogen-bond donors (Lipinski definition) is 1. The van der Waals surface area contributed by atoms with E-state index >= 15 is 0 Å². The number of amides is 1. The highest BCUT2D eigenvalue weighted by atomic mass is 19.4. The van der Waals surface area contributed by atoms with E-state index in [-0.39, 0.29) is 11.3 Å². The van der Waals surface area contributed by atoms with E-state index in [2.05, 4.69) is 5.10 Å². The molecule has 1 aliphatic heterocycles. The third-order valence-electron chi connectivity index (χ3n) is 3.55. The molecule has 1 aromatic heterocycles. The Morgan fingerprint density at radius 3 is 2.63 bits per heavy atom. The summed E-state index contributed by atoms with van der Waals surface area (Å²) < 4.78 is 44.9. The number of carbonyl (C=O) groups excluding carboxylic acids is 1. The van der Waals surface area contributed by atoms with Gasteiger partial charge < -0.3 is 9.52 Å². The normalized spacial score (nSPS) is 16.4. The molecule has 0 aliphatic carbocycles. The number of carboxylic acid groups (broad SMARTS) is 1. The average Bonchev–Trinajstić information content (AvgIpc) is 3.23. The number of hydrogen-bond acceptors (Lipinski definition) is 4. The van der Waals surface area contributed by atoms with Gasteiger partial charge in [0.25, 0.3) is 5.91 Å². The topological polar surface area (TPSA) is 83.1 Å². The lowest BCUT2D eigenvalue weighted by Crippen LogP contribution is -2.25. The molecule has 3 rings (SSSR count). The van der Waals surface area contributed by atoms with Gasteiger partial charge in [-0.2, -0.15) is 23.3 Å². The molecule has 0 saturated heterocycles. The monoisotopic (exact) mass is 376 g/mol. The molecule has 0 saturated carbocycles. The van der Waals surface area contributed by atoms with Gasteiger partial charge in [0.2, 0.25) is 0 Å². The fraction of sp³-hybridized carbons (Fsp3) is 0.0556. The van der Waals surface area contributed by atoms with Gasteiger partial charge in [-0.3, -0.25) is 4.79 Å². The van der Waals surface area contributed by atoms with E-state index in [0.717, 1.165) is 12.1 Å². The third kappa shape index (κ3) is 3.81. The fourth-order valence-corrected chi connectivity index (χ4v) is 2.35. The van der Waals surface area contributed by atoms with Crippen LogP contribution in [0.25, 0.3) is 6.08 Å². The van der Waals surface area contributed by atoms with Crippen LogP contribution in [0.15, 0.2) is 69.9 Å². The minimum absolute atomic E-state index is 0.0833. The molecule has 0 radical (unpaired) electrons. The van der Waals surface area contributed by atoms with Crippen LogP contribution in [0.5, 0.6) is 0 Å². The molecular weight excluding hydrogens is 365 g/mol. The molecule has 1 aliphatic rings. The van der Waals surface area contributed by atoms with Crippen LogP contribution >= 0.6 is 0 Å². The molecule has 1 amide bonds. The quantitative estimate of drug-likeness (QED) is 0.821. The Hall–Kier alpha value is -3.62. The van der Waals surface area contributed by atoms with Crippen LogP contribution in [0.2, 0.25) is 0 Å². The van der Waals surface area contributed by atoms with E-state index < -0.39 is 29.3 Å². The van der Waals surface area contributed by atoms with Crippen molar-refractivity contribution in [1.29, 1.82) is 0 Å². The number of anilines is 1. The molecule has 2 aromatic rings. The van der Waals surface area contributed by atoms with Crippen LogP contribution in [0.1, 0.15) is 16.1 Å². The van der Waals surface area contributed by atoms with Gasteiger partial charge in [0.15, 0.2) is 5.71 Å². The van der Waals surface area contributed by atoms with Gasteiger partial charge in [0.1, 0.15) is 5.76 Å². The Kier molecular flexibility index (Phi) is 4.68. The molecule has 27 heavy (non-hydrogen) atoms. The van der Waals surface area contributed by atoms with Gasteiger partial charge in [-0.25, -0.2) is 4.79 Å². The number of nitrogens with zero attached hydrogens (tertiary/aromatic N) is 2. The summed E-state index contributed by atoms with van der Waals surface area (Å²) in [5.41, 5.74) is -2.29. The zero-order chi connectivity index (χ0) is 19.6. The van der Waals surface area contributed by atoms with Gasteiger partial charge in [0.05, 0.1) is 23.1 Å². The predicted octanol–water partition coefficient (Wildman–Crippen LogP) is 3.88. The van der Waals surface area contributed by atoms with E-state index in [1.807, 2.05) is 0 Å². The number of allylic oxidation sites excluding steroid dienone is 2. The highest BCUT2D eigenvalue weighted by Gasteiger charge is 2.46. The summed E-state index contributed by atoms with van der Waals surface area (Å²) in [6.07, 6.45) is 0.150. The molecule has 0 unspecified atom stereocenters. The van der Waals surface area contributed by atoms with Crippen LogP contribution < -0.4 is 5.01 Å². The highest BCUT2D eigenvalue weighted by molar-refractivity contribution is 6.32. The molecule has 1 aromatic carbocycles. The first kappa shape index (κ1) is 18.2. The number of alkyl halides is 3. The molecule has 2 heterocycles. The smallest absolute Gasteiger partial charge is 0.435 e. The maximum absolute atomic E-state index is 13.3. The summed E-state index contributed by atoms with van der Waals surface area (Å²) in [5.74, 6) is -1.90. The molecule has 9 heteroatoms. The van der Waals surface area contributed by atoms with Crippen LogP contribution in [-0.4, -0.2) is 28.9 Å². The lowest BCUT2D eigenvalue weighted by molar-refractivity contribution is -0.114. The standard InChI is InChI=1S/C18H11F3N2O4/c19-18(20,21)15-14(8-2-6-13-7-3-9-27-13)16(24)23(22-15)12-5-1-4-11(10-12)17(25)26/h1-10H,(H,25,26)/b6-2+,14-8-. The molecule has 1 N–H and O–H groups in total. The minimum atomic E-state index is -4.86. The van der Waals surface area contributed by atoms with Crippen LogP contribution in [0.4, 0.5) is 18.9 Å². The number of halogens is 3. The Balaban J connectivity index is 1.98. The largest absolute Gasteiger partial charge is 0.478 e. The second-order valence-corrected chi connectivity index (χ2v) is 5.37. The number of aromatic carboxylic acids is 1. The van der Waals surface area contributed by atoms with Crippen LogP contribution in [0, 0.1) is 0 Å². The SMILES string of the molecule is O=C(O)c1cccc(N2N=C(C(F)(F)F)/C(=C/C=C/c3ccco3)C2=O)c1. The van der Waals surface area contributed by atoms with Gasteiger partial charge >= 0.3 is 12.1 Å². The summed E-state index contributed by atoms with van der Waals surface area (Å²) in [4.78, 5) is 23.5. The Morgan fingerprint density at radius 2 is 2.00 bits per heavy atom. The van der Waals surface area contributed by atoms with E-state index in [9.17, 15) is 22.8 Å². The van der Waals surface area contributed by atoms with Crippen LogP contribution in [-0.2, 0) is 4.79 Å². The number of hydrazone groups is 1. The van der Waals surface area contributed by atoms with Crippen LogP contribution in [0.3, 0.4) is 0 Å². The van der Waals surface area contributed by atoms with Crippen molar-refractivity contribution in [2.45, 2.75) is 6.18 Å². The lowest BCUT2D eigenvalue weighted by atomic mass is 10.1. The number of benzene rings is 1. The first-order chi connectivity index (χ1) is 12.8. The number of carbonyl (C=O) groups is 2. The zero-order valence-electron chi connectivity index (χ0n) is 13.5. The second-order valence-electron chi connectivity index (χ2n) is 5.37. The highest BCUT2D eigenvalue weighted by Crippen LogP contribution is 2.32. The summed E-state index contributed by atoms with van der Waals surface area (Å²) >= 11 is 0. The Bertz CT molecular complexity index is 973. The maximum atomic E-state index is 13.3. The van der Waals surface area contributed by atoms with E-state index in [0.29, 0.717) is 10.8 Å². The van der Waals surface area contributed by atoms with Crippen molar-refractivity contribution < 1.29 is 32.3 Å². The molecule has 6 nitrogen and oxygen atoms in total. The number of carboxylic acids is 1. The van der Waals surface area contributed by atoms with Crippen molar-refractivity contribution in [2.75, 3.05) is 5.01 Å². The lowest BCUT2D eigenvalue weighted by Gasteiger charge is -2.11. The van der Waals surface area contributed by atoms with Gasteiger partial charge in [-0.15, -0.1) is 0 Å². The van der Waals surface area contributed by atoms with E-state index in [1.54, 1.807) is 12.1 Å². The summed E-state index contributed by atoms with van der Waals surface area (Å²) in [5, 5.41) is 12.9. The van der Waals surface area contributed by atoms with Gasteiger partial charge in [-0.1, -0.05) is 12.1 Å². The average molecular weight is 376 g/mol. The third-order valence-corrected chi connectivity index (χ3v) is 3.55. The molecule has 0 spiro atoms. The second kappa shape index (κ2) is 6.94. The first-order valence-electron chi connectivity index (χ1n) is 7.53. The van der Waals surface area contributed by atoms with Crippen molar-refractivity contribution >= 4 is 29.4 Å². The number of rotatable bonds is 4. The first-order valence-corrected chi connectivity index (χ1v) is 7.53. The predicted molar refractivity (Wildman–Crippen MR) is 90.2 cm³/mol. The van der Waals surface area contributed by atoms with Gasteiger partial charge in [0, 0.05) is 0 Å². The Morgan fingerprint density at radius 1 is 1.22 bits per heavy atom. The van der Waals surface area contributed by atoms with E-state index in [1.165, 1.54) is 36.6 Å². The molecule has 0 bridgehead atoms. The summed E-state index contributed by atoms with van der Waals surface area (Å²) in [7, 11) is 0. The van der Waals surface area contributed by atoms with Crippen molar-refractivity contribution in [3.8, 4) is 0 Å². The van der Waals surface area contributed by atoms with Crippen molar-refractivity contribution in [3.63, 3.8) is 0 Å². The Labute approximate surface area is 150 Å². The summed E-state index contributed by atoms with van der Waals surface area (Å²) in [6, 6.07) is 8.13. The maximum Gasteiger partial charge on any atom is 0.435 e. The zero-order valence-corrected chi connectivity index (χ0v) is 13.5. The number of furan rings is 1. The van der Waals surface area contributed by atoms with Crippen molar-refractivity contribution in [3.05, 3.63) is 71.7 Å². The van der Waals surface area contributed by atoms with Crippen molar-refractivity contribution in [2.24, 2.45) is 5.10 Å². The molecule has 138 valence electrons. The molecular formula is C18H11F3N2O4. The minimum Gasteiger partial charge on any atom is -0.478 e. The fourth-order valence-electron chi connectivity index (χ4n) is 2.35. The van der Waals surface area contributed by atoms with E-state index in [4.69, 9.17) is 9.52 Å².